The van der Waals surface area contributed by atoms with E-state index in [4.69, 9.17) is 14.2 Å². The molecule has 1 aliphatic rings. The Bertz CT molecular complexity index is 1210. The second kappa shape index (κ2) is 11.3. The molecule has 8 nitrogen and oxygen atoms in total. The average Bonchev–Trinajstić information content (AvgIpc) is 3.19. The summed E-state index contributed by atoms with van der Waals surface area (Å²) in [5.74, 6) is 0.821. The van der Waals surface area contributed by atoms with Crippen LogP contribution in [-0.4, -0.2) is 40.2 Å². The largest absolute Gasteiger partial charge is 0.491 e. The van der Waals surface area contributed by atoms with Crippen molar-refractivity contribution in [3.63, 3.8) is 0 Å². The van der Waals surface area contributed by atoms with Crippen LogP contribution in [0, 0.1) is 5.92 Å². The molecule has 184 valence electrons. The van der Waals surface area contributed by atoms with Gasteiger partial charge in [0.05, 0.1) is 18.1 Å². The summed E-state index contributed by atoms with van der Waals surface area (Å²) in [7, 11) is 1.53. The van der Waals surface area contributed by atoms with E-state index in [1.54, 1.807) is 10.8 Å². The van der Waals surface area contributed by atoms with Gasteiger partial charge in [0.15, 0.2) is 6.29 Å². The summed E-state index contributed by atoms with van der Waals surface area (Å²) < 4.78 is 20.5. The maximum absolute atomic E-state index is 13.2. The van der Waals surface area contributed by atoms with Gasteiger partial charge in [-0.25, -0.2) is 4.79 Å². The van der Waals surface area contributed by atoms with Crippen LogP contribution in [0.1, 0.15) is 50.0 Å². The number of thiophene rings is 1. The summed E-state index contributed by atoms with van der Waals surface area (Å²) >= 11 is 1.46. The minimum atomic E-state index is -0.324. The summed E-state index contributed by atoms with van der Waals surface area (Å²) in [6, 6.07) is 3.89. The minimum Gasteiger partial charge on any atom is -0.491 e. The Morgan fingerprint density at radius 1 is 1.26 bits per heavy atom. The van der Waals surface area contributed by atoms with Gasteiger partial charge in [-0.15, -0.1) is 11.3 Å². The topological polar surface area (TPSA) is 84.6 Å². The van der Waals surface area contributed by atoms with E-state index >= 15 is 0 Å². The Kier molecular flexibility index (Phi) is 8.18. The van der Waals surface area contributed by atoms with Crippen LogP contribution in [0.15, 0.2) is 34.1 Å². The molecule has 1 unspecified atom stereocenters. The highest BCUT2D eigenvalue weighted by molar-refractivity contribution is 7.19. The zero-order valence-corrected chi connectivity index (χ0v) is 20.9. The Hall–Kier alpha value is -2.49. The number of rotatable bonds is 10. The highest BCUT2D eigenvalue weighted by Crippen LogP contribution is 2.37. The van der Waals surface area contributed by atoms with Crippen LogP contribution in [0.25, 0.3) is 10.2 Å². The number of hydrogen-bond acceptors (Lipinski definition) is 7. The fourth-order valence-corrected chi connectivity index (χ4v) is 5.40. The molecule has 0 aromatic carbocycles. The first-order valence-electron chi connectivity index (χ1n) is 12.0. The van der Waals surface area contributed by atoms with E-state index in [0.29, 0.717) is 48.6 Å². The molecule has 0 aliphatic carbocycles. The molecule has 0 amide bonds. The highest BCUT2D eigenvalue weighted by Gasteiger charge is 2.23. The predicted molar refractivity (Wildman–Crippen MR) is 133 cm³/mol. The van der Waals surface area contributed by atoms with Gasteiger partial charge in [0.2, 0.25) is 0 Å². The van der Waals surface area contributed by atoms with Crippen molar-refractivity contribution < 1.29 is 14.2 Å². The van der Waals surface area contributed by atoms with Crippen molar-refractivity contribution in [2.45, 2.75) is 58.8 Å². The van der Waals surface area contributed by atoms with Crippen molar-refractivity contribution in [1.82, 2.24) is 14.1 Å². The third kappa shape index (κ3) is 5.59. The summed E-state index contributed by atoms with van der Waals surface area (Å²) in [4.78, 5) is 31.9. The zero-order valence-electron chi connectivity index (χ0n) is 20.1. The van der Waals surface area contributed by atoms with Crippen molar-refractivity contribution in [3.8, 4) is 5.75 Å². The summed E-state index contributed by atoms with van der Waals surface area (Å²) in [5.41, 5.74) is 0.398. The monoisotopic (exact) mass is 487 g/mol. The lowest BCUT2D eigenvalue weighted by Crippen LogP contribution is -2.38. The third-order valence-corrected chi connectivity index (χ3v) is 7.00. The molecule has 34 heavy (non-hydrogen) atoms. The van der Waals surface area contributed by atoms with Crippen molar-refractivity contribution >= 4 is 21.6 Å². The first-order valence-corrected chi connectivity index (χ1v) is 12.8. The van der Waals surface area contributed by atoms with Gasteiger partial charge in [-0.05, 0) is 36.8 Å². The number of pyridine rings is 1. The maximum Gasteiger partial charge on any atom is 0.331 e. The number of ether oxygens (including phenoxy) is 3. The SMILES string of the molecule is CC(C)Cn1c(=O)n(C)c(=O)c2c(OCCCOC3CCCCO3)c(Cc3cccnc3)sc21. The Morgan fingerprint density at radius 2 is 2.12 bits per heavy atom. The van der Waals surface area contributed by atoms with Crippen LogP contribution in [0.2, 0.25) is 0 Å². The first kappa shape index (κ1) is 24.6. The molecule has 3 aromatic heterocycles. The smallest absolute Gasteiger partial charge is 0.331 e. The van der Waals surface area contributed by atoms with Crippen molar-refractivity contribution in [2.75, 3.05) is 19.8 Å². The molecular formula is C25H33N3O5S. The van der Waals surface area contributed by atoms with Crippen LogP contribution in [0.5, 0.6) is 5.75 Å². The molecule has 0 spiro atoms. The van der Waals surface area contributed by atoms with Crippen LogP contribution in [0.4, 0.5) is 0 Å². The predicted octanol–water partition coefficient (Wildman–Crippen LogP) is 3.72. The second-order valence-electron chi connectivity index (χ2n) is 9.09. The molecule has 1 aliphatic heterocycles. The summed E-state index contributed by atoms with van der Waals surface area (Å²) in [6.45, 7) is 6.33. The van der Waals surface area contributed by atoms with Crippen LogP contribution in [0.3, 0.4) is 0 Å². The van der Waals surface area contributed by atoms with Gasteiger partial charge >= 0.3 is 5.69 Å². The first-order chi connectivity index (χ1) is 16.5. The van der Waals surface area contributed by atoms with Gasteiger partial charge < -0.3 is 14.2 Å². The van der Waals surface area contributed by atoms with Gasteiger partial charge in [0.25, 0.3) is 5.56 Å². The van der Waals surface area contributed by atoms with Gasteiger partial charge in [-0.3, -0.25) is 18.9 Å². The summed E-state index contributed by atoms with van der Waals surface area (Å²) in [5, 5.41) is 0.475. The van der Waals surface area contributed by atoms with Crippen LogP contribution < -0.4 is 16.0 Å². The number of fused-ring (bicyclic) bond motifs is 1. The van der Waals surface area contributed by atoms with Crippen molar-refractivity contribution in [2.24, 2.45) is 13.0 Å². The zero-order chi connectivity index (χ0) is 24.1. The number of nitrogens with zero attached hydrogens (tertiary/aromatic N) is 3. The van der Waals surface area contributed by atoms with Gasteiger partial charge in [-0.1, -0.05) is 19.9 Å². The lowest BCUT2D eigenvalue weighted by atomic mass is 10.1. The van der Waals surface area contributed by atoms with E-state index in [1.165, 1.54) is 23.0 Å². The van der Waals surface area contributed by atoms with E-state index in [1.807, 2.05) is 18.3 Å². The van der Waals surface area contributed by atoms with E-state index in [0.717, 1.165) is 36.3 Å². The summed E-state index contributed by atoms with van der Waals surface area (Å²) in [6.07, 6.45) is 7.81. The third-order valence-electron chi connectivity index (χ3n) is 5.81. The Morgan fingerprint density at radius 3 is 2.82 bits per heavy atom. The molecule has 4 heterocycles. The fourth-order valence-electron chi connectivity index (χ4n) is 4.13. The van der Waals surface area contributed by atoms with Gasteiger partial charge in [0, 0.05) is 45.4 Å². The van der Waals surface area contributed by atoms with Crippen LogP contribution in [-0.2, 0) is 29.5 Å². The normalized spacial score (nSPS) is 16.4. The molecule has 1 atom stereocenters. The van der Waals surface area contributed by atoms with Gasteiger partial charge in [-0.2, -0.15) is 0 Å². The number of aromatic nitrogens is 3. The number of hydrogen-bond donors (Lipinski definition) is 0. The lowest BCUT2D eigenvalue weighted by Gasteiger charge is -2.22. The standard InChI is InChI=1S/C25H33N3O5S/c1-17(2)16-28-24-21(23(29)27(3)25(28)30)22(19(34-24)14-18-8-6-10-26-15-18)33-13-7-12-32-20-9-4-5-11-31-20/h6,8,10,15,17,20H,4-5,7,9,11-14,16H2,1-3H3. The lowest BCUT2D eigenvalue weighted by molar-refractivity contribution is -0.163. The van der Waals surface area contributed by atoms with Crippen LogP contribution >= 0.6 is 11.3 Å². The quantitative estimate of drug-likeness (QED) is 0.405. The van der Waals surface area contributed by atoms with E-state index in [-0.39, 0.29) is 23.5 Å². The molecule has 0 radical (unpaired) electrons. The van der Waals surface area contributed by atoms with E-state index < -0.39 is 0 Å². The highest BCUT2D eigenvalue weighted by atomic mass is 32.1. The maximum atomic E-state index is 13.2. The molecule has 1 saturated heterocycles. The molecule has 1 fully saturated rings. The van der Waals surface area contributed by atoms with E-state index in [2.05, 4.69) is 18.8 Å². The average molecular weight is 488 g/mol. The molecule has 3 aromatic rings. The fraction of sp³-hybridized carbons (Fsp3) is 0.560. The molecule has 4 rings (SSSR count). The Balaban J connectivity index is 1.63. The second-order valence-corrected chi connectivity index (χ2v) is 10.2. The molecule has 9 heteroatoms. The van der Waals surface area contributed by atoms with Crippen molar-refractivity contribution in [1.29, 1.82) is 0 Å². The molecule has 0 bridgehead atoms. The Labute approximate surface area is 203 Å². The minimum absolute atomic E-state index is 0.130. The van der Waals surface area contributed by atoms with E-state index in [9.17, 15) is 9.59 Å². The molecule has 0 saturated carbocycles. The van der Waals surface area contributed by atoms with Crippen molar-refractivity contribution in [3.05, 3.63) is 55.8 Å². The molecular weight excluding hydrogens is 454 g/mol. The molecule has 0 N–H and O–H groups in total. The van der Waals surface area contributed by atoms with Gasteiger partial charge in [0.1, 0.15) is 16.0 Å².